The number of nitrogens with zero attached hydrogens (tertiary/aromatic N) is 2. The number of halogens is 1. The summed E-state index contributed by atoms with van der Waals surface area (Å²) in [7, 11) is 0. The second kappa shape index (κ2) is 7.21. The summed E-state index contributed by atoms with van der Waals surface area (Å²) in [4.78, 5) is 43.2. The van der Waals surface area contributed by atoms with Crippen molar-refractivity contribution >= 4 is 22.8 Å². The third kappa shape index (κ3) is 2.75. The number of carbonyl (C=O) groups excluding carboxylic acids is 2. The number of pyridine rings is 2. The molecule has 0 unspecified atom stereocenters. The summed E-state index contributed by atoms with van der Waals surface area (Å²) >= 11 is 0. The summed E-state index contributed by atoms with van der Waals surface area (Å²) in [5.41, 5.74) is 9.85. The normalized spacial score (nSPS) is 21.9. The molecule has 1 aromatic carbocycles. The van der Waals surface area contributed by atoms with Gasteiger partial charge >= 0.3 is 11.9 Å². The zero-order valence-electron chi connectivity index (χ0n) is 19.7. The number of benzene rings is 1. The van der Waals surface area contributed by atoms with Crippen LogP contribution in [0.15, 0.2) is 16.9 Å². The standard InChI is InChI=1S/C26H24FN3O5/c1-4-26(35-12(3)31)16-7-20-23-14(9-30(20)24(32)15(16)10-34-25(26)33)21-18(28)6-5-13-11(2)17(27)8-19(29-23)22(13)21/h7-8,18H,4-6,9-10,28H2,1-3H3/t18-,26-/m1/s1. The SMILES string of the molecule is CC[C@]1(OC(C)=O)C(=O)OCc2c1cc1n(c2=O)Cc2c-1nc1cc(F)c(C)c3c1c2[C@H](N)CC3. The maximum absolute atomic E-state index is 14.8. The van der Waals surface area contributed by atoms with Crippen molar-refractivity contribution in [2.75, 3.05) is 0 Å². The first-order chi connectivity index (χ1) is 16.7. The number of aryl methyl sites for hydroxylation is 1. The molecule has 2 aromatic heterocycles. The maximum atomic E-state index is 14.8. The molecule has 180 valence electrons. The Balaban J connectivity index is 1.68. The lowest BCUT2D eigenvalue weighted by Gasteiger charge is -2.35. The summed E-state index contributed by atoms with van der Waals surface area (Å²) in [5, 5.41) is 0.869. The molecular weight excluding hydrogens is 453 g/mol. The Morgan fingerprint density at radius 2 is 2.09 bits per heavy atom. The molecule has 6 rings (SSSR count). The molecule has 0 saturated heterocycles. The monoisotopic (exact) mass is 477 g/mol. The van der Waals surface area contributed by atoms with Crippen LogP contribution >= 0.6 is 0 Å². The smallest absolute Gasteiger partial charge is 0.355 e. The zero-order chi connectivity index (χ0) is 24.8. The Kier molecular flexibility index (Phi) is 4.51. The number of rotatable bonds is 2. The van der Waals surface area contributed by atoms with Gasteiger partial charge in [-0.15, -0.1) is 0 Å². The van der Waals surface area contributed by atoms with Crippen molar-refractivity contribution in [1.29, 1.82) is 0 Å². The average molecular weight is 477 g/mol. The minimum Gasteiger partial charge on any atom is -0.457 e. The fraction of sp³-hybridized carbons (Fsp3) is 0.385. The first kappa shape index (κ1) is 21.9. The summed E-state index contributed by atoms with van der Waals surface area (Å²) in [6.07, 6.45) is 1.43. The van der Waals surface area contributed by atoms with Crippen molar-refractivity contribution < 1.29 is 23.5 Å². The molecule has 2 N–H and O–H groups in total. The molecule has 9 heteroatoms. The van der Waals surface area contributed by atoms with Crippen molar-refractivity contribution in [1.82, 2.24) is 9.55 Å². The van der Waals surface area contributed by atoms with Crippen LogP contribution in [0.3, 0.4) is 0 Å². The maximum Gasteiger partial charge on any atom is 0.355 e. The fourth-order valence-electron chi connectivity index (χ4n) is 5.99. The zero-order valence-corrected chi connectivity index (χ0v) is 19.7. The number of esters is 2. The van der Waals surface area contributed by atoms with Crippen molar-refractivity contribution in [3.8, 4) is 11.4 Å². The van der Waals surface area contributed by atoms with E-state index in [9.17, 15) is 18.8 Å². The highest BCUT2D eigenvalue weighted by atomic mass is 19.1. The first-order valence-corrected chi connectivity index (χ1v) is 11.7. The molecule has 0 spiro atoms. The van der Waals surface area contributed by atoms with Gasteiger partial charge in [-0.25, -0.2) is 14.2 Å². The number of ether oxygens (including phenoxy) is 2. The molecular formula is C26H24FN3O5. The fourth-order valence-corrected chi connectivity index (χ4v) is 5.99. The molecule has 3 aliphatic rings. The Morgan fingerprint density at radius 3 is 2.80 bits per heavy atom. The van der Waals surface area contributed by atoms with E-state index >= 15 is 0 Å². The first-order valence-electron chi connectivity index (χ1n) is 11.7. The number of aromatic nitrogens is 2. The van der Waals surface area contributed by atoms with Crippen LogP contribution in [0.4, 0.5) is 4.39 Å². The van der Waals surface area contributed by atoms with Gasteiger partial charge in [0.05, 0.1) is 29.0 Å². The van der Waals surface area contributed by atoms with Gasteiger partial charge in [-0.3, -0.25) is 9.59 Å². The average Bonchev–Trinajstić information content (AvgIpc) is 3.18. The number of carbonyl (C=O) groups is 2. The van der Waals surface area contributed by atoms with E-state index in [1.807, 2.05) is 0 Å². The second-order valence-corrected chi connectivity index (χ2v) is 9.52. The van der Waals surface area contributed by atoms with Gasteiger partial charge in [0.2, 0.25) is 5.60 Å². The van der Waals surface area contributed by atoms with Crippen molar-refractivity contribution in [3.05, 3.63) is 61.7 Å². The van der Waals surface area contributed by atoms with Gasteiger partial charge in [0.25, 0.3) is 5.56 Å². The van der Waals surface area contributed by atoms with E-state index in [2.05, 4.69) is 0 Å². The van der Waals surface area contributed by atoms with Crippen LogP contribution in [0.25, 0.3) is 22.3 Å². The molecule has 0 radical (unpaired) electrons. The van der Waals surface area contributed by atoms with Gasteiger partial charge in [-0.2, -0.15) is 0 Å². The Labute approximate surface area is 199 Å². The largest absolute Gasteiger partial charge is 0.457 e. The number of hydrogen-bond acceptors (Lipinski definition) is 7. The van der Waals surface area contributed by atoms with E-state index in [0.29, 0.717) is 40.9 Å². The molecule has 0 bridgehead atoms. The minimum atomic E-state index is -1.71. The van der Waals surface area contributed by atoms with Gasteiger partial charge < -0.3 is 19.8 Å². The van der Waals surface area contributed by atoms with E-state index < -0.39 is 17.5 Å². The van der Waals surface area contributed by atoms with Crippen molar-refractivity contribution in [2.24, 2.45) is 5.73 Å². The highest BCUT2D eigenvalue weighted by Gasteiger charge is 2.50. The number of hydrogen-bond donors (Lipinski definition) is 1. The molecule has 2 atom stereocenters. The van der Waals surface area contributed by atoms with E-state index in [1.54, 1.807) is 24.5 Å². The van der Waals surface area contributed by atoms with Crippen LogP contribution in [0.5, 0.6) is 0 Å². The third-order valence-electron chi connectivity index (χ3n) is 7.71. The van der Waals surface area contributed by atoms with Crippen LogP contribution in [-0.2, 0) is 44.2 Å². The van der Waals surface area contributed by atoms with Gasteiger partial charge in [-0.1, -0.05) is 6.92 Å². The van der Waals surface area contributed by atoms with Gasteiger partial charge in [0, 0.05) is 35.5 Å². The molecule has 2 aliphatic heterocycles. The van der Waals surface area contributed by atoms with Crippen LogP contribution < -0.4 is 11.3 Å². The number of fused-ring (bicyclic) bond motifs is 5. The summed E-state index contributed by atoms with van der Waals surface area (Å²) in [6, 6.07) is 2.84. The molecule has 4 heterocycles. The molecule has 0 fully saturated rings. The summed E-state index contributed by atoms with van der Waals surface area (Å²) in [5.74, 6) is -1.70. The van der Waals surface area contributed by atoms with Gasteiger partial charge in [0.1, 0.15) is 12.4 Å². The minimum absolute atomic E-state index is 0.100. The second-order valence-electron chi connectivity index (χ2n) is 9.52. The summed E-state index contributed by atoms with van der Waals surface area (Å²) in [6.45, 7) is 4.73. The van der Waals surface area contributed by atoms with E-state index in [4.69, 9.17) is 20.2 Å². The lowest BCUT2D eigenvalue weighted by atomic mass is 9.82. The number of nitrogens with two attached hydrogens (primary N) is 1. The number of cyclic esters (lactones) is 1. The molecule has 8 nitrogen and oxygen atoms in total. The highest BCUT2D eigenvalue weighted by molar-refractivity contribution is 5.93. The van der Waals surface area contributed by atoms with Crippen LogP contribution in [0.1, 0.15) is 66.1 Å². The topological polar surface area (TPSA) is 114 Å². The van der Waals surface area contributed by atoms with Gasteiger partial charge in [-0.05, 0) is 48.9 Å². The Morgan fingerprint density at radius 1 is 1.31 bits per heavy atom. The van der Waals surface area contributed by atoms with E-state index in [1.165, 1.54) is 13.0 Å². The van der Waals surface area contributed by atoms with Crippen molar-refractivity contribution in [3.63, 3.8) is 0 Å². The molecule has 35 heavy (non-hydrogen) atoms. The Bertz CT molecular complexity index is 1560. The van der Waals surface area contributed by atoms with Crippen LogP contribution in [0.2, 0.25) is 0 Å². The lowest BCUT2D eigenvalue weighted by molar-refractivity contribution is -0.188. The van der Waals surface area contributed by atoms with Crippen LogP contribution in [-0.4, -0.2) is 21.5 Å². The Hall–Kier alpha value is -3.59. The molecule has 1 aliphatic carbocycles. The van der Waals surface area contributed by atoms with E-state index in [0.717, 1.165) is 22.1 Å². The highest BCUT2D eigenvalue weighted by Crippen LogP contribution is 2.45. The third-order valence-corrected chi connectivity index (χ3v) is 7.71. The summed E-state index contributed by atoms with van der Waals surface area (Å²) < 4.78 is 27.2. The van der Waals surface area contributed by atoms with E-state index in [-0.39, 0.29) is 42.6 Å². The molecule has 0 amide bonds. The molecule has 3 aromatic rings. The van der Waals surface area contributed by atoms with Crippen LogP contribution in [0, 0.1) is 12.7 Å². The van der Waals surface area contributed by atoms with Crippen molar-refractivity contribution in [2.45, 2.75) is 64.8 Å². The quantitative estimate of drug-likeness (QED) is 0.442. The molecule has 0 saturated carbocycles. The predicted molar refractivity (Wildman–Crippen MR) is 124 cm³/mol. The lowest BCUT2D eigenvalue weighted by Crippen LogP contribution is -2.47. The predicted octanol–water partition coefficient (Wildman–Crippen LogP) is 3.04. The van der Waals surface area contributed by atoms with Gasteiger partial charge in [0.15, 0.2) is 0 Å².